The lowest BCUT2D eigenvalue weighted by Crippen LogP contribution is -2.51. The van der Waals surface area contributed by atoms with Crippen molar-refractivity contribution >= 4 is 17.8 Å². The minimum Gasteiger partial charge on any atom is -0.336 e. The average molecular weight is 372 g/mol. The van der Waals surface area contributed by atoms with E-state index in [9.17, 15) is 24.0 Å². The topological polar surface area (TPSA) is 102 Å². The van der Waals surface area contributed by atoms with Crippen LogP contribution in [0.5, 0.6) is 0 Å². The average Bonchev–Trinajstić information content (AvgIpc) is 3.47. The summed E-state index contributed by atoms with van der Waals surface area (Å²) in [5.41, 5.74) is -1.89. The number of amides is 4. The van der Waals surface area contributed by atoms with Gasteiger partial charge in [0.2, 0.25) is 5.91 Å². The zero-order valence-electron chi connectivity index (χ0n) is 15.2. The van der Waals surface area contributed by atoms with Gasteiger partial charge in [-0.1, -0.05) is 19.1 Å². The lowest BCUT2D eigenvalue weighted by atomic mass is 9.87. The Balaban J connectivity index is 1.78. The summed E-state index contributed by atoms with van der Waals surface area (Å²) in [6.45, 7) is 2.89. The number of imide groups is 1. The van der Waals surface area contributed by atoms with Gasteiger partial charge in [-0.15, -0.1) is 0 Å². The molecule has 1 aliphatic heterocycles. The van der Waals surface area contributed by atoms with Crippen molar-refractivity contribution in [3.05, 3.63) is 35.6 Å². The number of nitriles is 1. The molecule has 1 aromatic carbocycles. The van der Waals surface area contributed by atoms with E-state index in [1.54, 1.807) is 13.8 Å². The highest BCUT2D eigenvalue weighted by atomic mass is 19.1. The molecule has 1 aliphatic carbocycles. The molecular weight excluding hydrogens is 351 g/mol. The third kappa shape index (κ3) is 3.25. The fourth-order valence-corrected chi connectivity index (χ4v) is 3.50. The number of rotatable bonds is 6. The van der Waals surface area contributed by atoms with Gasteiger partial charge in [-0.2, -0.15) is 5.26 Å². The number of urea groups is 1. The van der Waals surface area contributed by atoms with E-state index in [0.717, 1.165) is 17.7 Å². The van der Waals surface area contributed by atoms with Gasteiger partial charge in [-0.25, -0.2) is 9.18 Å². The summed E-state index contributed by atoms with van der Waals surface area (Å²) in [5.74, 6) is -1.50. The Bertz CT molecular complexity index is 830. The minimum atomic E-state index is -1.33. The number of nitrogens with one attached hydrogen (secondary N) is 2. The van der Waals surface area contributed by atoms with Crippen molar-refractivity contribution in [1.82, 2.24) is 15.5 Å². The molecule has 8 heteroatoms. The number of hydrogen-bond acceptors (Lipinski definition) is 4. The molecular formula is C19H21FN4O3. The first kappa shape index (κ1) is 18.8. The molecule has 1 heterocycles. The SMILES string of the molecule is CC[C@@]1(c2ccc(F)cc2)NC(=O)N(CC(=O)N[C@@](C)(C#N)C2CC2)C1=O. The van der Waals surface area contributed by atoms with Crippen LogP contribution in [0.2, 0.25) is 0 Å². The molecule has 2 fully saturated rings. The third-order valence-corrected chi connectivity index (χ3v) is 5.37. The maximum absolute atomic E-state index is 13.2. The van der Waals surface area contributed by atoms with Crippen LogP contribution >= 0.6 is 0 Å². The molecule has 2 atom stereocenters. The molecule has 27 heavy (non-hydrogen) atoms. The molecule has 1 saturated heterocycles. The quantitative estimate of drug-likeness (QED) is 0.743. The Morgan fingerprint density at radius 3 is 2.56 bits per heavy atom. The van der Waals surface area contributed by atoms with Gasteiger partial charge in [-0.3, -0.25) is 14.5 Å². The van der Waals surface area contributed by atoms with E-state index in [4.69, 9.17) is 0 Å². The van der Waals surface area contributed by atoms with Gasteiger partial charge < -0.3 is 10.6 Å². The van der Waals surface area contributed by atoms with Gasteiger partial charge in [0.05, 0.1) is 6.07 Å². The molecule has 1 aromatic rings. The summed E-state index contributed by atoms with van der Waals surface area (Å²) in [5, 5.41) is 14.6. The predicted octanol–water partition coefficient (Wildman–Crippen LogP) is 1.79. The number of halogens is 1. The molecule has 0 unspecified atom stereocenters. The van der Waals surface area contributed by atoms with E-state index < -0.39 is 41.3 Å². The van der Waals surface area contributed by atoms with Crippen molar-refractivity contribution in [2.75, 3.05) is 6.54 Å². The van der Waals surface area contributed by atoms with Gasteiger partial charge in [0.25, 0.3) is 5.91 Å². The van der Waals surface area contributed by atoms with Crippen LogP contribution in [0.3, 0.4) is 0 Å². The maximum atomic E-state index is 13.2. The highest BCUT2D eigenvalue weighted by Gasteiger charge is 2.52. The van der Waals surface area contributed by atoms with Crippen LogP contribution in [0.1, 0.15) is 38.7 Å². The van der Waals surface area contributed by atoms with Crippen LogP contribution in [0.4, 0.5) is 9.18 Å². The Morgan fingerprint density at radius 1 is 1.41 bits per heavy atom. The zero-order chi connectivity index (χ0) is 19.8. The number of hydrogen-bond donors (Lipinski definition) is 2. The van der Waals surface area contributed by atoms with Crippen LogP contribution in [0.15, 0.2) is 24.3 Å². The second-order valence-electron chi connectivity index (χ2n) is 7.22. The molecule has 0 bridgehead atoms. The lowest BCUT2D eigenvalue weighted by Gasteiger charge is -2.26. The molecule has 2 N–H and O–H groups in total. The highest BCUT2D eigenvalue weighted by Crippen LogP contribution is 2.39. The maximum Gasteiger partial charge on any atom is 0.325 e. The van der Waals surface area contributed by atoms with Gasteiger partial charge >= 0.3 is 6.03 Å². The van der Waals surface area contributed by atoms with Crippen LogP contribution in [0.25, 0.3) is 0 Å². The Morgan fingerprint density at radius 2 is 2.04 bits per heavy atom. The molecule has 3 rings (SSSR count). The third-order valence-electron chi connectivity index (χ3n) is 5.37. The fourth-order valence-electron chi connectivity index (χ4n) is 3.50. The van der Waals surface area contributed by atoms with Gasteiger partial charge in [0.1, 0.15) is 23.4 Å². The number of benzene rings is 1. The normalized spacial score (nSPS) is 24.1. The van der Waals surface area contributed by atoms with E-state index in [0.29, 0.717) is 5.56 Å². The van der Waals surface area contributed by atoms with Crippen molar-refractivity contribution < 1.29 is 18.8 Å². The summed E-state index contributed by atoms with van der Waals surface area (Å²) in [6.07, 6.45) is 1.97. The number of nitrogens with zero attached hydrogens (tertiary/aromatic N) is 2. The molecule has 1 saturated carbocycles. The lowest BCUT2D eigenvalue weighted by molar-refractivity contribution is -0.135. The van der Waals surface area contributed by atoms with E-state index in [1.165, 1.54) is 24.3 Å². The summed E-state index contributed by atoms with van der Waals surface area (Å²) >= 11 is 0. The predicted molar refractivity (Wildman–Crippen MR) is 93.5 cm³/mol. The van der Waals surface area contributed by atoms with E-state index in [2.05, 4.69) is 16.7 Å². The summed E-state index contributed by atoms with van der Waals surface area (Å²) in [4.78, 5) is 38.6. The first-order valence-electron chi connectivity index (χ1n) is 8.88. The second-order valence-corrected chi connectivity index (χ2v) is 7.22. The molecule has 0 aromatic heterocycles. The monoisotopic (exact) mass is 372 g/mol. The van der Waals surface area contributed by atoms with E-state index in [1.807, 2.05) is 0 Å². The standard InChI is InChI=1S/C19H21FN4O3/c1-3-19(13-6-8-14(20)9-7-13)16(26)24(17(27)23-19)10-15(25)22-18(2,11-21)12-4-5-12/h6-9,12H,3-5,10H2,1-2H3,(H,22,25)(H,23,27)/t18-,19-/m0/s1. The molecule has 2 aliphatic rings. The molecule has 0 spiro atoms. The largest absolute Gasteiger partial charge is 0.336 e. The molecule has 0 radical (unpaired) electrons. The van der Waals surface area contributed by atoms with Crippen LogP contribution in [-0.4, -0.2) is 34.8 Å². The Kier molecular flexibility index (Phi) is 4.64. The first-order valence-corrected chi connectivity index (χ1v) is 8.88. The van der Waals surface area contributed by atoms with Crippen molar-refractivity contribution in [2.45, 2.75) is 44.2 Å². The van der Waals surface area contributed by atoms with Gasteiger partial charge in [0.15, 0.2) is 0 Å². The number of carbonyl (C=O) groups is 3. The minimum absolute atomic E-state index is 0.0866. The second kappa shape index (κ2) is 6.65. The summed E-state index contributed by atoms with van der Waals surface area (Å²) < 4.78 is 13.2. The van der Waals surface area contributed by atoms with Crippen molar-refractivity contribution in [1.29, 1.82) is 5.26 Å². The van der Waals surface area contributed by atoms with Crippen LogP contribution in [0, 0.1) is 23.1 Å². The fraction of sp³-hybridized carbons (Fsp3) is 0.474. The molecule has 7 nitrogen and oxygen atoms in total. The highest BCUT2D eigenvalue weighted by molar-refractivity contribution is 6.09. The van der Waals surface area contributed by atoms with Crippen LogP contribution < -0.4 is 10.6 Å². The Hall–Kier alpha value is -2.95. The van der Waals surface area contributed by atoms with Crippen LogP contribution in [-0.2, 0) is 15.1 Å². The van der Waals surface area contributed by atoms with Gasteiger partial charge in [0, 0.05) is 0 Å². The van der Waals surface area contributed by atoms with Crippen molar-refractivity contribution in [3.63, 3.8) is 0 Å². The number of carbonyl (C=O) groups excluding carboxylic acids is 3. The van der Waals surface area contributed by atoms with E-state index in [-0.39, 0.29) is 12.3 Å². The smallest absolute Gasteiger partial charge is 0.325 e. The zero-order valence-corrected chi connectivity index (χ0v) is 15.2. The molecule has 4 amide bonds. The first-order chi connectivity index (χ1) is 12.8. The summed E-state index contributed by atoms with van der Waals surface area (Å²) in [6, 6.07) is 6.74. The van der Waals surface area contributed by atoms with E-state index >= 15 is 0 Å². The van der Waals surface area contributed by atoms with Crippen molar-refractivity contribution in [3.8, 4) is 6.07 Å². The Labute approximate surface area is 156 Å². The summed E-state index contributed by atoms with van der Waals surface area (Å²) in [7, 11) is 0. The van der Waals surface area contributed by atoms with Gasteiger partial charge in [-0.05, 0) is 49.8 Å². The molecule has 142 valence electrons. The van der Waals surface area contributed by atoms with Crippen molar-refractivity contribution in [2.24, 2.45) is 5.92 Å².